The molecular formula is C11H10N4O3S. The van der Waals surface area contributed by atoms with Crippen LogP contribution in [0.25, 0.3) is 0 Å². The first-order valence-corrected chi connectivity index (χ1v) is 6.74. The van der Waals surface area contributed by atoms with Crippen molar-refractivity contribution in [3.8, 4) is 6.07 Å². The van der Waals surface area contributed by atoms with Crippen LogP contribution >= 0.6 is 0 Å². The molecule has 1 heterocycles. The summed E-state index contributed by atoms with van der Waals surface area (Å²) in [7, 11) is -3.86. The minimum atomic E-state index is -3.86. The van der Waals surface area contributed by atoms with Crippen LogP contribution in [0.5, 0.6) is 0 Å². The Labute approximate surface area is 109 Å². The highest BCUT2D eigenvalue weighted by molar-refractivity contribution is 7.92. The summed E-state index contributed by atoms with van der Waals surface area (Å²) >= 11 is 0. The molecule has 2 aromatic rings. The summed E-state index contributed by atoms with van der Waals surface area (Å²) in [5.41, 5.74) is 0.774. The van der Waals surface area contributed by atoms with Crippen molar-refractivity contribution < 1.29 is 12.9 Å². The van der Waals surface area contributed by atoms with Crippen molar-refractivity contribution >= 4 is 16.0 Å². The van der Waals surface area contributed by atoms with Gasteiger partial charge in [-0.2, -0.15) is 10.2 Å². The fourth-order valence-corrected chi connectivity index (χ4v) is 2.66. The highest BCUT2D eigenvalue weighted by Gasteiger charge is 2.20. The van der Waals surface area contributed by atoms with E-state index in [0.29, 0.717) is 11.4 Å². The van der Waals surface area contributed by atoms with Crippen LogP contribution in [-0.2, 0) is 10.0 Å². The predicted octanol–water partition coefficient (Wildman–Crippen LogP) is 1.36. The van der Waals surface area contributed by atoms with Crippen LogP contribution in [0.2, 0.25) is 0 Å². The van der Waals surface area contributed by atoms with E-state index in [1.165, 1.54) is 6.07 Å². The summed E-state index contributed by atoms with van der Waals surface area (Å²) in [4.78, 5) is 3.76. The summed E-state index contributed by atoms with van der Waals surface area (Å²) in [5, 5.41) is 12.3. The van der Waals surface area contributed by atoms with Crippen molar-refractivity contribution in [2.75, 3.05) is 4.72 Å². The number of nitrogens with one attached hydrogen (secondary N) is 1. The standard InChI is InChI=1S/C11H10N4O3S/c1-7-3-4-9(6-12)5-10(7)19(16,17)15-11-13-8(2)14-18-11/h3-5H,1-2H3,(H,13,14,15). The molecule has 0 saturated heterocycles. The number of sulfonamides is 1. The third kappa shape index (κ3) is 2.71. The van der Waals surface area contributed by atoms with Crippen LogP contribution in [0.1, 0.15) is 17.0 Å². The first-order chi connectivity index (χ1) is 8.92. The van der Waals surface area contributed by atoms with Gasteiger partial charge in [0.1, 0.15) is 0 Å². The topological polar surface area (TPSA) is 109 Å². The molecule has 1 N–H and O–H groups in total. The van der Waals surface area contributed by atoms with Gasteiger partial charge in [-0.1, -0.05) is 11.2 Å². The molecule has 19 heavy (non-hydrogen) atoms. The van der Waals surface area contributed by atoms with Gasteiger partial charge in [0.15, 0.2) is 5.82 Å². The second-order valence-corrected chi connectivity index (χ2v) is 5.50. The van der Waals surface area contributed by atoms with E-state index in [9.17, 15) is 8.42 Å². The van der Waals surface area contributed by atoms with Gasteiger partial charge in [-0.05, 0) is 31.5 Å². The number of hydrogen-bond acceptors (Lipinski definition) is 6. The third-order valence-corrected chi connectivity index (χ3v) is 3.82. The van der Waals surface area contributed by atoms with E-state index in [0.717, 1.165) is 0 Å². The zero-order valence-electron chi connectivity index (χ0n) is 10.2. The number of nitriles is 1. The van der Waals surface area contributed by atoms with E-state index in [1.807, 2.05) is 6.07 Å². The van der Waals surface area contributed by atoms with Crippen molar-refractivity contribution in [2.45, 2.75) is 18.7 Å². The van der Waals surface area contributed by atoms with E-state index in [2.05, 4.69) is 14.9 Å². The Bertz CT molecular complexity index is 758. The van der Waals surface area contributed by atoms with E-state index >= 15 is 0 Å². The Kier molecular flexibility index (Phi) is 3.23. The molecule has 0 spiro atoms. The molecule has 0 saturated carbocycles. The summed E-state index contributed by atoms with van der Waals surface area (Å²) < 4.78 is 31.2. The SMILES string of the molecule is Cc1noc(NS(=O)(=O)c2cc(C#N)ccc2C)n1. The lowest BCUT2D eigenvalue weighted by molar-refractivity contribution is 0.429. The van der Waals surface area contributed by atoms with Crippen molar-refractivity contribution in [1.29, 1.82) is 5.26 Å². The third-order valence-electron chi connectivity index (χ3n) is 2.36. The van der Waals surface area contributed by atoms with E-state index in [4.69, 9.17) is 9.78 Å². The predicted molar refractivity (Wildman–Crippen MR) is 65.7 cm³/mol. The lowest BCUT2D eigenvalue weighted by Gasteiger charge is -2.07. The number of benzene rings is 1. The zero-order chi connectivity index (χ0) is 14.0. The van der Waals surface area contributed by atoms with Gasteiger partial charge in [0.05, 0.1) is 16.5 Å². The average molecular weight is 278 g/mol. The van der Waals surface area contributed by atoms with E-state index in [1.54, 1.807) is 26.0 Å². The quantitative estimate of drug-likeness (QED) is 0.907. The molecule has 8 heteroatoms. The second kappa shape index (κ2) is 4.70. The molecule has 1 aromatic heterocycles. The number of aryl methyl sites for hydroxylation is 2. The molecule has 0 aliphatic rings. The molecule has 0 fully saturated rings. The van der Waals surface area contributed by atoms with Gasteiger partial charge in [0.25, 0.3) is 10.0 Å². The average Bonchev–Trinajstić information content (AvgIpc) is 2.74. The molecule has 0 unspecified atom stereocenters. The largest absolute Gasteiger partial charge is 0.335 e. The van der Waals surface area contributed by atoms with Crippen molar-refractivity contribution in [1.82, 2.24) is 10.1 Å². The molecule has 0 aliphatic heterocycles. The van der Waals surface area contributed by atoms with Crippen LogP contribution in [0.15, 0.2) is 27.6 Å². The Balaban J connectivity index is 2.42. The van der Waals surface area contributed by atoms with Gasteiger partial charge in [-0.3, -0.25) is 0 Å². The molecule has 0 atom stereocenters. The maximum Gasteiger partial charge on any atom is 0.335 e. The van der Waals surface area contributed by atoms with Crippen molar-refractivity contribution in [3.63, 3.8) is 0 Å². The van der Waals surface area contributed by atoms with Gasteiger partial charge >= 0.3 is 6.01 Å². The van der Waals surface area contributed by atoms with Crippen LogP contribution < -0.4 is 4.72 Å². The highest BCUT2D eigenvalue weighted by Crippen LogP contribution is 2.19. The number of nitrogens with zero attached hydrogens (tertiary/aromatic N) is 3. The van der Waals surface area contributed by atoms with Crippen LogP contribution in [0.4, 0.5) is 6.01 Å². The van der Waals surface area contributed by atoms with Crippen LogP contribution in [0, 0.1) is 25.2 Å². The summed E-state index contributed by atoms with van der Waals surface area (Å²) in [6, 6.07) is 6.08. The van der Waals surface area contributed by atoms with Gasteiger partial charge in [0.2, 0.25) is 0 Å². The Hall–Kier alpha value is -2.40. The summed E-state index contributed by atoms with van der Waals surface area (Å²) in [6.45, 7) is 3.21. The van der Waals surface area contributed by atoms with Crippen molar-refractivity contribution in [3.05, 3.63) is 35.2 Å². The molecule has 2 rings (SSSR count). The molecule has 0 amide bonds. The number of hydrogen-bond donors (Lipinski definition) is 1. The fourth-order valence-electron chi connectivity index (χ4n) is 1.47. The van der Waals surface area contributed by atoms with Gasteiger partial charge in [-0.25, -0.2) is 13.1 Å². The lowest BCUT2D eigenvalue weighted by Crippen LogP contribution is -2.14. The van der Waals surface area contributed by atoms with Gasteiger partial charge in [0, 0.05) is 0 Å². The molecule has 0 radical (unpaired) electrons. The van der Waals surface area contributed by atoms with Crippen LogP contribution in [-0.4, -0.2) is 18.6 Å². The minimum Gasteiger partial charge on any atom is -0.314 e. The zero-order valence-corrected chi connectivity index (χ0v) is 11.0. The fraction of sp³-hybridized carbons (Fsp3) is 0.182. The van der Waals surface area contributed by atoms with Gasteiger partial charge in [-0.15, -0.1) is 0 Å². The molecule has 1 aromatic carbocycles. The second-order valence-electron chi connectivity index (χ2n) is 3.84. The van der Waals surface area contributed by atoms with Gasteiger partial charge < -0.3 is 4.52 Å². The smallest absolute Gasteiger partial charge is 0.314 e. The molecule has 98 valence electrons. The molecule has 0 aliphatic carbocycles. The maximum atomic E-state index is 12.2. The maximum absolute atomic E-state index is 12.2. The Morgan fingerprint density at radius 3 is 2.68 bits per heavy atom. The van der Waals surface area contributed by atoms with Crippen LogP contribution in [0.3, 0.4) is 0 Å². The molecular weight excluding hydrogens is 268 g/mol. The molecule has 7 nitrogen and oxygen atoms in total. The number of aromatic nitrogens is 2. The Morgan fingerprint density at radius 1 is 1.37 bits per heavy atom. The Morgan fingerprint density at radius 2 is 2.11 bits per heavy atom. The lowest BCUT2D eigenvalue weighted by atomic mass is 10.2. The first-order valence-electron chi connectivity index (χ1n) is 5.26. The first kappa shape index (κ1) is 13.0. The van der Waals surface area contributed by atoms with E-state index < -0.39 is 10.0 Å². The minimum absolute atomic E-state index is 0.00223. The summed E-state index contributed by atoms with van der Waals surface area (Å²) in [6.07, 6.45) is 0. The summed E-state index contributed by atoms with van der Waals surface area (Å²) in [5.74, 6) is 0.320. The molecule has 0 bridgehead atoms. The highest BCUT2D eigenvalue weighted by atomic mass is 32.2. The van der Waals surface area contributed by atoms with Crippen molar-refractivity contribution in [2.24, 2.45) is 0 Å². The normalized spacial score (nSPS) is 11.0. The number of anilines is 1. The number of rotatable bonds is 3. The van der Waals surface area contributed by atoms with E-state index in [-0.39, 0.29) is 16.5 Å². The monoisotopic (exact) mass is 278 g/mol.